The summed E-state index contributed by atoms with van der Waals surface area (Å²) in [5.41, 5.74) is 10.8. The van der Waals surface area contributed by atoms with Gasteiger partial charge in [0.15, 0.2) is 0 Å². The molecule has 0 aromatic heterocycles. The molecule has 0 aliphatic carbocycles. The Bertz CT molecular complexity index is 2600. The quantitative estimate of drug-likeness (QED) is 0.156. The van der Waals surface area contributed by atoms with Gasteiger partial charge in [-0.15, -0.1) is 0 Å². The number of rotatable bonds is 6. The lowest BCUT2D eigenvalue weighted by atomic mass is 10.0. The molecule has 0 amide bonds. The Balaban J connectivity index is 0.000000230. The molecule has 0 saturated carbocycles. The third-order valence-electron chi connectivity index (χ3n) is 11.3. The molecule has 0 saturated heterocycles. The lowest BCUT2D eigenvalue weighted by Crippen LogP contribution is -1.83. The van der Waals surface area contributed by atoms with Crippen molar-refractivity contribution in [3.8, 4) is 39.5 Å². The maximum absolute atomic E-state index is 9.13. The summed E-state index contributed by atoms with van der Waals surface area (Å²) in [5, 5.41) is 34.1. The van der Waals surface area contributed by atoms with E-state index in [1.165, 1.54) is 44.5 Å². The van der Waals surface area contributed by atoms with Gasteiger partial charge in [0, 0.05) is 0 Å². The second kappa shape index (κ2) is 33.0. The van der Waals surface area contributed by atoms with E-state index in [9.17, 15) is 0 Å². The Hall–Kier alpha value is -7.62. The van der Waals surface area contributed by atoms with Crippen LogP contribution in [0.25, 0.3) is 54.6 Å². The first-order chi connectivity index (χ1) is 34.7. The average molecular weight is 943 g/mol. The van der Waals surface area contributed by atoms with Crippen LogP contribution in [0.4, 0.5) is 0 Å². The summed E-state index contributed by atoms with van der Waals surface area (Å²) >= 11 is 0. The normalized spacial score (nSPS) is 9.66. The van der Waals surface area contributed by atoms with Crippen LogP contribution in [-0.2, 0) is 25.7 Å². The second-order valence-electron chi connectivity index (χ2n) is 15.8. The fourth-order valence-electron chi connectivity index (χ4n) is 7.26. The average Bonchev–Trinajstić information content (AvgIpc) is 3.45. The van der Waals surface area contributed by atoms with Crippen LogP contribution in [0, 0.1) is 0 Å². The smallest absolute Gasteiger partial charge is 0.116 e. The van der Waals surface area contributed by atoms with Gasteiger partial charge in [0.25, 0.3) is 0 Å². The number of fused-ring (bicyclic) bond motifs is 3. The largest absolute Gasteiger partial charge is 0.508 e. The zero-order valence-corrected chi connectivity index (χ0v) is 44.0. The fourth-order valence-corrected chi connectivity index (χ4v) is 7.26. The van der Waals surface area contributed by atoms with E-state index in [2.05, 4.69) is 125 Å². The van der Waals surface area contributed by atoms with Gasteiger partial charge in [0.05, 0.1) is 0 Å². The van der Waals surface area contributed by atoms with Gasteiger partial charge in [0.1, 0.15) is 17.2 Å². The molecule has 0 atom stereocenters. The van der Waals surface area contributed by atoms with Gasteiger partial charge in [0.2, 0.25) is 0 Å². The third kappa shape index (κ3) is 19.4. The maximum Gasteiger partial charge on any atom is 0.116 e. The monoisotopic (exact) mass is 943 g/mol. The number of phenols is 3. The van der Waals surface area contributed by atoms with Gasteiger partial charge in [-0.05, 0) is 139 Å². The highest BCUT2D eigenvalue weighted by Gasteiger charge is 2.00. The van der Waals surface area contributed by atoms with Crippen molar-refractivity contribution in [3.63, 3.8) is 0 Å². The van der Waals surface area contributed by atoms with Gasteiger partial charge in [-0.2, -0.15) is 0 Å². The molecule has 0 fully saturated rings. The van der Waals surface area contributed by atoms with Gasteiger partial charge >= 0.3 is 0 Å². The second-order valence-corrected chi connectivity index (χ2v) is 15.8. The molecule has 0 aliphatic rings. The molecule has 10 aromatic carbocycles. The van der Waals surface area contributed by atoms with Crippen LogP contribution in [0.15, 0.2) is 224 Å². The van der Waals surface area contributed by atoms with E-state index in [4.69, 9.17) is 15.3 Å². The Kier molecular flexibility index (Phi) is 26.8. The molecule has 3 heteroatoms. The van der Waals surface area contributed by atoms with Crippen molar-refractivity contribution < 1.29 is 15.3 Å². The molecule has 0 radical (unpaired) electrons. The van der Waals surface area contributed by atoms with Gasteiger partial charge in [-0.25, -0.2) is 0 Å². The lowest BCUT2D eigenvalue weighted by molar-refractivity contribution is 0.475. The van der Waals surface area contributed by atoms with Crippen molar-refractivity contribution in [1.82, 2.24) is 0 Å². The number of aromatic hydroxyl groups is 3. The van der Waals surface area contributed by atoms with Crippen LogP contribution in [0.1, 0.15) is 91.5 Å². The summed E-state index contributed by atoms with van der Waals surface area (Å²) in [5.74, 6) is 0.969. The van der Waals surface area contributed by atoms with Crippen LogP contribution in [0.3, 0.4) is 0 Å². The topological polar surface area (TPSA) is 60.7 Å². The Morgan fingerprint density at radius 2 is 0.408 bits per heavy atom. The molecule has 10 aromatic rings. The standard InChI is InChI=1S/2C16H18.3C10H8O.3C2H6/c2*1-3-13-5-9-15(10-6-13)16-11-7-14(4-2)8-12-16;3*11-10-6-5-8-3-1-2-4-9(8)7-10;3*1-2/h2*5-12H,3-4H2,1-2H3;3*1-7,11H;3*1-2H3. The molecule has 71 heavy (non-hydrogen) atoms. The summed E-state index contributed by atoms with van der Waals surface area (Å²) in [6.45, 7) is 20.7. The van der Waals surface area contributed by atoms with Gasteiger partial charge in [-0.1, -0.05) is 257 Å². The molecule has 0 unspecified atom stereocenters. The number of phenolic OH excluding ortho intramolecular Hbond substituents is 3. The maximum atomic E-state index is 9.13. The first-order valence-electron chi connectivity index (χ1n) is 25.6. The van der Waals surface area contributed by atoms with Crippen molar-refractivity contribution in [1.29, 1.82) is 0 Å². The molecule has 368 valence electrons. The molecule has 0 heterocycles. The fraction of sp³-hybridized carbons (Fsp3) is 0.206. The highest BCUT2D eigenvalue weighted by Crippen LogP contribution is 2.24. The highest BCUT2D eigenvalue weighted by molar-refractivity contribution is 5.85. The molecule has 0 spiro atoms. The van der Waals surface area contributed by atoms with E-state index in [1.807, 2.05) is 133 Å². The molecule has 0 bridgehead atoms. The van der Waals surface area contributed by atoms with E-state index < -0.39 is 0 Å². The predicted molar refractivity (Wildman–Crippen MR) is 312 cm³/mol. The van der Waals surface area contributed by atoms with Gasteiger partial charge in [-0.3, -0.25) is 0 Å². The summed E-state index contributed by atoms with van der Waals surface area (Å²) in [6.07, 6.45) is 4.42. The molecule has 10 rings (SSSR count). The minimum absolute atomic E-state index is 0.323. The summed E-state index contributed by atoms with van der Waals surface area (Å²) < 4.78 is 0. The first-order valence-corrected chi connectivity index (χ1v) is 25.6. The molecular weight excluding hydrogens is 865 g/mol. The predicted octanol–water partition coefficient (Wildman–Crippen LogP) is 19.7. The minimum atomic E-state index is 0.323. The number of hydrogen-bond donors (Lipinski definition) is 3. The van der Waals surface area contributed by atoms with E-state index in [0.717, 1.165) is 58.0 Å². The van der Waals surface area contributed by atoms with Crippen molar-refractivity contribution in [2.24, 2.45) is 0 Å². The van der Waals surface area contributed by atoms with Crippen molar-refractivity contribution in [2.45, 2.75) is 94.9 Å². The number of benzene rings is 10. The molecule has 3 N–H and O–H groups in total. The lowest BCUT2D eigenvalue weighted by Gasteiger charge is -2.04. The Labute approximate surface area is 426 Å². The number of hydrogen-bond acceptors (Lipinski definition) is 3. The van der Waals surface area contributed by atoms with E-state index in [0.29, 0.717) is 17.2 Å². The zero-order valence-electron chi connectivity index (χ0n) is 44.0. The first kappa shape index (κ1) is 57.7. The summed E-state index contributed by atoms with van der Waals surface area (Å²) in [4.78, 5) is 0. The van der Waals surface area contributed by atoms with E-state index in [1.54, 1.807) is 36.4 Å². The minimum Gasteiger partial charge on any atom is -0.508 e. The summed E-state index contributed by atoms with van der Waals surface area (Å²) in [6, 6.07) is 75.3. The Morgan fingerprint density at radius 1 is 0.225 bits per heavy atom. The zero-order chi connectivity index (χ0) is 51.8. The van der Waals surface area contributed by atoms with Crippen molar-refractivity contribution in [2.75, 3.05) is 0 Å². The van der Waals surface area contributed by atoms with Crippen molar-refractivity contribution >= 4 is 32.3 Å². The third-order valence-corrected chi connectivity index (χ3v) is 11.3. The SMILES string of the molecule is CC.CC.CC.CCc1ccc(-c2ccc(CC)cc2)cc1.CCc1ccc(-c2ccc(CC)cc2)cc1.Oc1ccc2ccccc2c1.Oc1ccc2ccccc2c1.Oc1ccc2ccccc2c1. The van der Waals surface area contributed by atoms with E-state index >= 15 is 0 Å². The highest BCUT2D eigenvalue weighted by atomic mass is 16.3. The molecule has 3 nitrogen and oxygen atoms in total. The van der Waals surface area contributed by atoms with Crippen molar-refractivity contribution in [3.05, 3.63) is 247 Å². The summed E-state index contributed by atoms with van der Waals surface area (Å²) in [7, 11) is 0. The Morgan fingerprint density at radius 3 is 0.592 bits per heavy atom. The van der Waals surface area contributed by atoms with Crippen LogP contribution < -0.4 is 0 Å². The van der Waals surface area contributed by atoms with Crippen LogP contribution in [0.5, 0.6) is 17.2 Å². The van der Waals surface area contributed by atoms with Crippen LogP contribution in [0.2, 0.25) is 0 Å². The van der Waals surface area contributed by atoms with Crippen LogP contribution in [-0.4, -0.2) is 15.3 Å². The molecular formula is C68H78O3. The van der Waals surface area contributed by atoms with E-state index in [-0.39, 0.29) is 0 Å². The van der Waals surface area contributed by atoms with Gasteiger partial charge < -0.3 is 15.3 Å². The molecule has 0 aliphatic heterocycles. The number of aryl methyl sites for hydroxylation is 4. The van der Waals surface area contributed by atoms with Crippen LogP contribution >= 0.6 is 0 Å².